The second-order valence-electron chi connectivity index (χ2n) is 8.50. The molecular formula is C24H22N8O6S2-2. The minimum Gasteiger partial charge on any atom is -0.744 e. The van der Waals surface area contributed by atoms with Gasteiger partial charge in [0.15, 0.2) is 0 Å². The molecule has 0 saturated carbocycles. The van der Waals surface area contributed by atoms with Crippen LogP contribution in [0.1, 0.15) is 34.4 Å². The molecule has 0 fully saturated rings. The van der Waals surface area contributed by atoms with E-state index in [-0.39, 0.29) is 34.4 Å². The van der Waals surface area contributed by atoms with Crippen molar-refractivity contribution >= 4 is 55.7 Å². The van der Waals surface area contributed by atoms with E-state index in [1.54, 1.807) is 27.7 Å². The van der Waals surface area contributed by atoms with Crippen LogP contribution >= 0.6 is 0 Å². The van der Waals surface area contributed by atoms with E-state index in [0.29, 0.717) is 23.3 Å². The zero-order valence-corrected chi connectivity index (χ0v) is 23.2. The van der Waals surface area contributed by atoms with E-state index in [1.165, 1.54) is 36.4 Å². The predicted octanol–water partition coefficient (Wildman–Crippen LogP) is 2.76. The molecule has 2 aromatic heterocycles. The van der Waals surface area contributed by atoms with Crippen LogP contribution in [0.4, 0.5) is 23.3 Å². The number of hydrogen-bond acceptors (Lipinski definition) is 14. The Balaban J connectivity index is 1.69. The lowest BCUT2D eigenvalue weighted by molar-refractivity contribution is 0.460. The topological polar surface area (TPSA) is 216 Å². The molecule has 0 aliphatic carbocycles. The lowest BCUT2D eigenvalue weighted by Gasteiger charge is -2.15. The summed E-state index contributed by atoms with van der Waals surface area (Å²) in [5.41, 5.74) is 0.379. The number of anilines is 4. The van der Waals surface area contributed by atoms with Crippen LogP contribution in [0.2, 0.25) is 0 Å². The molecule has 0 atom stereocenters. The summed E-state index contributed by atoms with van der Waals surface area (Å²) in [6.45, 7) is 6.65. The molecule has 2 heterocycles. The second kappa shape index (κ2) is 11.0. The summed E-state index contributed by atoms with van der Waals surface area (Å²) in [5, 5.41) is 5.66. The minimum absolute atomic E-state index is 0.0313. The molecule has 0 radical (unpaired) electrons. The molecule has 0 saturated heterocycles. The van der Waals surface area contributed by atoms with Crippen molar-refractivity contribution in [3.8, 4) is 0 Å². The van der Waals surface area contributed by atoms with E-state index in [1.807, 2.05) is 0 Å². The average Bonchev–Trinajstić information content (AvgIpc) is 2.81. The van der Waals surface area contributed by atoms with Gasteiger partial charge in [-0.15, -0.1) is 0 Å². The molecule has 2 aromatic carbocycles. The van der Waals surface area contributed by atoms with E-state index in [4.69, 9.17) is 0 Å². The first kappa shape index (κ1) is 28.6. The van der Waals surface area contributed by atoms with Gasteiger partial charge < -0.3 is 19.7 Å². The first-order valence-electron chi connectivity index (χ1n) is 11.5. The van der Waals surface area contributed by atoms with Gasteiger partial charge >= 0.3 is 0 Å². The Morgan fingerprint density at radius 1 is 0.575 bits per heavy atom. The van der Waals surface area contributed by atoms with E-state index in [9.17, 15) is 25.9 Å². The maximum Gasteiger partial charge on any atom is 0.230 e. The molecule has 0 aliphatic heterocycles. The van der Waals surface area contributed by atoms with E-state index >= 15 is 0 Å². The van der Waals surface area contributed by atoms with Crippen molar-refractivity contribution < 1.29 is 25.9 Å². The van der Waals surface area contributed by atoms with Gasteiger partial charge in [0.2, 0.25) is 11.9 Å². The average molecular weight is 583 g/mol. The van der Waals surface area contributed by atoms with Gasteiger partial charge in [-0.05, 0) is 63.1 Å². The highest BCUT2D eigenvalue weighted by molar-refractivity contribution is 7.86. The standard InChI is InChI=1S/C24H24N8O6S2/c1-13-25-14(2)28-23(27-13)31-19-9-7-17(21(11-19)39(33,34)35)5-6-18-8-10-20(12-22(18)40(36,37)38)32-24-29-15(3)26-16(4)30-24/h5-12H,1-4H3,(H,33,34,35)(H,36,37,38)(H,25,27,28,31)(H,26,29,30,32)/p-2. The van der Waals surface area contributed by atoms with E-state index in [2.05, 4.69) is 40.5 Å². The van der Waals surface area contributed by atoms with Crippen molar-refractivity contribution in [1.29, 1.82) is 0 Å². The van der Waals surface area contributed by atoms with Gasteiger partial charge in [-0.2, -0.15) is 19.9 Å². The monoisotopic (exact) mass is 582 g/mol. The Morgan fingerprint density at radius 2 is 0.900 bits per heavy atom. The summed E-state index contributed by atoms with van der Waals surface area (Å²) in [6.07, 6.45) is 2.45. The van der Waals surface area contributed by atoms with Crippen molar-refractivity contribution in [3.63, 3.8) is 0 Å². The van der Waals surface area contributed by atoms with Gasteiger partial charge in [-0.25, -0.2) is 26.8 Å². The summed E-state index contributed by atoms with van der Waals surface area (Å²) >= 11 is 0. The van der Waals surface area contributed by atoms with Crippen molar-refractivity contribution in [3.05, 3.63) is 70.8 Å². The Bertz CT molecular complexity index is 1690. The maximum absolute atomic E-state index is 12.0. The largest absolute Gasteiger partial charge is 0.744 e. The number of aromatic nitrogens is 6. The molecule has 0 spiro atoms. The highest BCUT2D eigenvalue weighted by Gasteiger charge is 2.13. The van der Waals surface area contributed by atoms with Crippen LogP contribution in [0, 0.1) is 27.7 Å². The highest BCUT2D eigenvalue weighted by Crippen LogP contribution is 2.27. The second-order valence-corrected chi connectivity index (χ2v) is 11.2. The smallest absolute Gasteiger partial charge is 0.230 e. The van der Waals surface area contributed by atoms with Crippen molar-refractivity contribution in [1.82, 2.24) is 29.9 Å². The zero-order valence-electron chi connectivity index (χ0n) is 21.6. The van der Waals surface area contributed by atoms with Gasteiger partial charge in [0, 0.05) is 11.4 Å². The highest BCUT2D eigenvalue weighted by atomic mass is 32.2. The summed E-state index contributed by atoms with van der Waals surface area (Å²) in [4.78, 5) is 23.4. The predicted molar refractivity (Wildman–Crippen MR) is 143 cm³/mol. The number of hydrogen-bond donors (Lipinski definition) is 2. The third-order valence-corrected chi connectivity index (χ3v) is 7.02. The number of nitrogens with one attached hydrogen (secondary N) is 2. The number of aryl methyl sites for hydroxylation is 4. The van der Waals surface area contributed by atoms with Crippen molar-refractivity contribution in [2.75, 3.05) is 10.6 Å². The molecule has 40 heavy (non-hydrogen) atoms. The van der Waals surface area contributed by atoms with Crippen LogP contribution in [0.25, 0.3) is 12.2 Å². The molecule has 14 nitrogen and oxygen atoms in total. The Labute approximate surface area is 230 Å². The lowest BCUT2D eigenvalue weighted by Crippen LogP contribution is -2.06. The SMILES string of the molecule is Cc1nc(C)nc(Nc2ccc(C=Cc3ccc(Nc4nc(C)nc(C)n4)cc3S(=O)(=O)[O-])c(S(=O)(=O)[O-])c2)n1. The van der Waals surface area contributed by atoms with Gasteiger partial charge in [0.05, 0.1) is 9.79 Å². The van der Waals surface area contributed by atoms with Crippen molar-refractivity contribution in [2.24, 2.45) is 0 Å². The molecule has 4 rings (SSSR count). The maximum atomic E-state index is 12.0. The Kier molecular flexibility index (Phi) is 7.88. The van der Waals surface area contributed by atoms with Crippen LogP contribution in [0.5, 0.6) is 0 Å². The van der Waals surface area contributed by atoms with Crippen LogP contribution in [0.3, 0.4) is 0 Å². The third kappa shape index (κ3) is 7.17. The van der Waals surface area contributed by atoms with Crippen LogP contribution in [-0.2, 0) is 20.2 Å². The summed E-state index contributed by atoms with van der Waals surface area (Å²) in [6, 6.07) is 7.87. The molecule has 0 unspecified atom stereocenters. The summed E-state index contributed by atoms with van der Waals surface area (Å²) in [7, 11) is -9.92. The minimum atomic E-state index is -4.96. The first-order chi connectivity index (χ1) is 18.7. The molecule has 0 amide bonds. The fourth-order valence-corrected chi connectivity index (χ4v) is 5.11. The Morgan fingerprint density at radius 3 is 1.20 bits per heavy atom. The number of rotatable bonds is 8. The normalized spacial score (nSPS) is 12.1. The molecule has 4 aromatic rings. The number of nitrogens with zero attached hydrogens (tertiary/aromatic N) is 6. The molecular weight excluding hydrogens is 560 g/mol. The molecule has 0 aliphatic rings. The first-order valence-corrected chi connectivity index (χ1v) is 14.3. The molecule has 16 heteroatoms. The van der Waals surface area contributed by atoms with Gasteiger partial charge in [0.25, 0.3) is 0 Å². The van der Waals surface area contributed by atoms with Gasteiger partial charge in [0.1, 0.15) is 43.5 Å². The molecule has 208 valence electrons. The van der Waals surface area contributed by atoms with Crippen LogP contribution in [0.15, 0.2) is 46.2 Å². The third-order valence-electron chi connectivity index (χ3n) is 5.24. The molecule has 2 N–H and O–H groups in total. The van der Waals surface area contributed by atoms with Crippen LogP contribution in [-0.4, -0.2) is 55.8 Å². The lowest BCUT2D eigenvalue weighted by atomic mass is 10.1. The Hall–Kier alpha value is -4.38. The zero-order chi connectivity index (χ0) is 29.2. The van der Waals surface area contributed by atoms with E-state index in [0.717, 1.165) is 12.1 Å². The summed E-state index contributed by atoms with van der Waals surface area (Å²) < 4.78 is 72.2. The summed E-state index contributed by atoms with van der Waals surface area (Å²) in [5.74, 6) is 2.07. The van der Waals surface area contributed by atoms with E-state index < -0.39 is 30.0 Å². The fraction of sp³-hybridized carbons (Fsp3) is 0.167. The number of benzene rings is 2. The quantitative estimate of drug-likeness (QED) is 0.226. The van der Waals surface area contributed by atoms with Crippen molar-refractivity contribution in [2.45, 2.75) is 37.5 Å². The fourth-order valence-electron chi connectivity index (χ4n) is 3.71. The van der Waals surface area contributed by atoms with Crippen LogP contribution < -0.4 is 10.6 Å². The van der Waals surface area contributed by atoms with Gasteiger partial charge in [-0.1, -0.05) is 24.3 Å². The molecule has 0 bridgehead atoms. The van der Waals surface area contributed by atoms with Gasteiger partial charge in [-0.3, -0.25) is 0 Å².